The fourth-order valence-electron chi connectivity index (χ4n) is 4.47. The van der Waals surface area contributed by atoms with E-state index in [1.54, 1.807) is 0 Å². The number of H-pyrrole nitrogens is 2. The first-order chi connectivity index (χ1) is 20.9. The topological polar surface area (TPSA) is 57.4 Å². The van der Waals surface area contributed by atoms with E-state index in [1.807, 2.05) is 0 Å². The fraction of sp³-hybridized carbons (Fsp3) is 0.231. The predicted molar refractivity (Wildman–Crippen MR) is 144 cm³/mol. The van der Waals surface area contributed by atoms with Gasteiger partial charge in [-0.3, -0.25) is 0 Å². The lowest BCUT2D eigenvalue weighted by Crippen LogP contribution is -2.50. The van der Waals surface area contributed by atoms with Gasteiger partial charge < -0.3 is 9.97 Å². The first kappa shape index (κ1) is 33.9. The van der Waals surface area contributed by atoms with Crippen LogP contribution in [0.1, 0.15) is 33.9 Å². The van der Waals surface area contributed by atoms with E-state index in [-0.39, 0.29) is 20.0 Å². The molecule has 0 aliphatic carbocycles. The number of hydrogen-bond acceptors (Lipinski definition) is 2. The average molecular weight is 804 g/mol. The number of alkyl halides is 14. The summed E-state index contributed by atoms with van der Waals surface area (Å²) in [4.78, 5) is 11.8. The average Bonchev–Trinajstić information content (AvgIpc) is 3.74. The van der Waals surface area contributed by atoms with Gasteiger partial charge in [0.05, 0.1) is 64.9 Å². The third-order valence-corrected chi connectivity index (χ3v) is 8.42. The highest BCUT2D eigenvalue weighted by Gasteiger charge is 2.75. The lowest BCUT2D eigenvalue weighted by molar-refractivity contribution is -0.359. The molecule has 8 bridgehead atoms. The van der Waals surface area contributed by atoms with E-state index in [2.05, 4.69) is 51.8 Å². The molecule has 0 amide bonds. The van der Waals surface area contributed by atoms with Crippen LogP contribution in [0.2, 0.25) is 0 Å². The molecule has 3 aromatic rings. The molecular formula is C26H10Br2F14N4. The lowest BCUT2D eigenvalue weighted by Gasteiger charge is -2.28. The molecule has 2 aliphatic heterocycles. The van der Waals surface area contributed by atoms with Crippen LogP contribution in [0, 0.1) is 0 Å². The maximum absolute atomic E-state index is 15.3. The second-order valence-corrected chi connectivity index (χ2v) is 11.3. The van der Waals surface area contributed by atoms with Crippen LogP contribution in [0.4, 0.5) is 61.5 Å². The number of fused-ring (bicyclic) bond motifs is 8. The maximum Gasteiger partial charge on any atom is 0.460 e. The summed E-state index contributed by atoms with van der Waals surface area (Å²) < 4.78 is 197. The minimum absolute atomic E-state index is 0.369. The van der Waals surface area contributed by atoms with E-state index in [0.29, 0.717) is 24.3 Å². The molecule has 0 saturated carbocycles. The van der Waals surface area contributed by atoms with Crippen molar-refractivity contribution in [1.82, 2.24) is 19.9 Å². The van der Waals surface area contributed by atoms with Crippen LogP contribution >= 0.6 is 31.9 Å². The van der Waals surface area contributed by atoms with E-state index in [0.717, 1.165) is 24.3 Å². The van der Waals surface area contributed by atoms with Gasteiger partial charge in [0.15, 0.2) is 0 Å². The molecule has 0 fully saturated rings. The van der Waals surface area contributed by atoms with Crippen molar-refractivity contribution in [3.63, 3.8) is 0 Å². The van der Waals surface area contributed by atoms with Crippen LogP contribution in [0.5, 0.6) is 0 Å². The number of nitrogens with zero attached hydrogens (tertiary/aromatic N) is 2. The van der Waals surface area contributed by atoms with Crippen molar-refractivity contribution < 1.29 is 61.5 Å². The van der Waals surface area contributed by atoms with Crippen LogP contribution in [-0.2, 0) is 11.8 Å². The van der Waals surface area contributed by atoms with Crippen molar-refractivity contribution in [2.75, 3.05) is 0 Å². The number of halogens is 16. The van der Waals surface area contributed by atoms with Gasteiger partial charge in [-0.2, -0.15) is 61.5 Å². The molecule has 5 rings (SSSR count). The highest BCUT2D eigenvalue weighted by Crippen LogP contribution is 2.55. The minimum Gasteiger partial charge on any atom is -0.354 e. The van der Waals surface area contributed by atoms with Crippen molar-refractivity contribution in [2.45, 2.75) is 36.0 Å². The molecule has 0 spiro atoms. The van der Waals surface area contributed by atoms with Crippen molar-refractivity contribution in [2.24, 2.45) is 0 Å². The molecule has 5 heterocycles. The van der Waals surface area contributed by atoms with Gasteiger partial charge in [0.2, 0.25) is 0 Å². The fourth-order valence-corrected chi connectivity index (χ4v) is 5.37. The summed E-state index contributed by atoms with van der Waals surface area (Å²) in [6.07, 6.45) is -10.4. The van der Waals surface area contributed by atoms with Gasteiger partial charge in [-0.25, -0.2) is 9.97 Å². The molecule has 0 unspecified atom stereocenters. The molecule has 2 aliphatic rings. The van der Waals surface area contributed by atoms with Gasteiger partial charge in [0, 0.05) is 0 Å². The molecule has 46 heavy (non-hydrogen) atoms. The highest BCUT2D eigenvalue weighted by molar-refractivity contribution is 9.11. The van der Waals surface area contributed by atoms with E-state index < -0.39 is 81.0 Å². The number of hydrogen-bond donors (Lipinski definition) is 2. The van der Waals surface area contributed by atoms with Gasteiger partial charge in [0.1, 0.15) is 0 Å². The second-order valence-electron chi connectivity index (χ2n) is 9.67. The van der Waals surface area contributed by atoms with Crippen LogP contribution in [0.3, 0.4) is 0 Å². The zero-order valence-corrected chi connectivity index (χ0v) is 24.7. The Morgan fingerprint density at radius 3 is 1.02 bits per heavy atom. The Balaban J connectivity index is 1.97. The van der Waals surface area contributed by atoms with Gasteiger partial charge in [0.25, 0.3) is 0 Å². The molecule has 20 heteroatoms. The smallest absolute Gasteiger partial charge is 0.354 e. The van der Waals surface area contributed by atoms with Crippen molar-refractivity contribution in [3.8, 4) is 0 Å². The first-order valence-corrected chi connectivity index (χ1v) is 13.6. The first-order valence-electron chi connectivity index (χ1n) is 12.1. The normalized spacial score (nSPS) is 14.8. The van der Waals surface area contributed by atoms with Gasteiger partial charge >= 0.3 is 36.0 Å². The Kier molecular flexibility index (Phi) is 7.78. The molecule has 0 atom stereocenters. The molecule has 0 aromatic carbocycles. The quantitative estimate of drug-likeness (QED) is 0.178. The predicted octanol–water partition coefficient (Wildman–Crippen LogP) is 10.8. The van der Waals surface area contributed by atoms with Crippen LogP contribution in [-0.4, -0.2) is 44.1 Å². The van der Waals surface area contributed by atoms with Crippen LogP contribution in [0.25, 0.3) is 46.4 Å². The zero-order chi connectivity index (χ0) is 34.4. The summed E-state index contributed by atoms with van der Waals surface area (Å²) >= 11 is 5.86. The number of aromatic amines is 2. The van der Waals surface area contributed by atoms with Crippen LogP contribution in [0.15, 0.2) is 33.2 Å². The van der Waals surface area contributed by atoms with Crippen LogP contribution < -0.4 is 0 Å². The zero-order valence-electron chi connectivity index (χ0n) is 21.6. The summed E-state index contributed by atoms with van der Waals surface area (Å²) in [6, 6.07) is 3.11. The molecule has 0 saturated heterocycles. The SMILES string of the molecule is FC(F)(F)C(F)(F)C(F)(F)c1c2nc(c(Br)c3ccc([nH]3)c(C(F)(F)C(F)(F)C(F)(F)F)c3nc(c(Br)c4ccc1[nH]4)C=C3)C=C2. The largest absolute Gasteiger partial charge is 0.460 e. The summed E-state index contributed by atoms with van der Waals surface area (Å²) in [5.74, 6) is -25.1. The third-order valence-electron chi connectivity index (χ3n) is 6.75. The highest BCUT2D eigenvalue weighted by atomic mass is 79.9. The molecule has 4 nitrogen and oxygen atoms in total. The maximum atomic E-state index is 15.3. The third kappa shape index (κ3) is 5.02. The van der Waals surface area contributed by atoms with Crippen molar-refractivity contribution in [1.29, 1.82) is 0 Å². The molecule has 3 aromatic heterocycles. The van der Waals surface area contributed by atoms with Crippen molar-refractivity contribution in [3.05, 3.63) is 67.1 Å². The summed E-state index contributed by atoms with van der Waals surface area (Å²) in [6.45, 7) is 0. The Labute approximate surface area is 262 Å². The van der Waals surface area contributed by atoms with Crippen molar-refractivity contribution >= 4 is 78.2 Å². The van der Waals surface area contributed by atoms with Gasteiger partial charge in [-0.05, 0) is 80.4 Å². The minimum atomic E-state index is -6.72. The Morgan fingerprint density at radius 2 is 0.717 bits per heavy atom. The Morgan fingerprint density at radius 1 is 0.435 bits per heavy atom. The molecule has 2 N–H and O–H groups in total. The van der Waals surface area contributed by atoms with E-state index in [1.165, 1.54) is 0 Å². The Bertz CT molecular complexity index is 1830. The second kappa shape index (κ2) is 10.5. The monoisotopic (exact) mass is 802 g/mol. The lowest BCUT2D eigenvalue weighted by atomic mass is 10.00. The van der Waals surface area contributed by atoms with E-state index in [4.69, 9.17) is 0 Å². The standard InChI is InChI=1S/C26H10Br2F14N4/c27-19-13-5-1-9(43-13)17(21(29,30)23(33,34)25(37,38)39)10-2-6-15(44-10)20(28)16-8-4-12(46-16)18(11-3-7-14(19)45-11)22(31,32)24(35,36)26(40,41)42/h1-8,43,46H. The number of rotatable bonds is 4. The Hall–Kier alpha value is -3.42. The van der Waals surface area contributed by atoms with Gasteiger partial charge in [-0.15, -0.1) is 0 Å². The summed E-state index contributed by atoms with van der Waals surface area (Å²) in [5, 5.41) is 0. The summed E-state index contributed by atoms with van der Waals surface area (Å²) in [7, 11) is 0. The molecule has 0 radical (unpaired) electrons. The molecule has 246 valence electrons. The number of aromatic nitrogens is 4. The summed E-state index contributed by atoms with van der Waals surface area (Å²) in [5.41, 5.74) is -9.71. The van der Waals surface area contributed by atoms with Gasteiger partial charge in [-0.1, -0.05) is 0 Å². The number of nitrogens with one attached hydrogen (secondary N) is 2. The van der Waals surface area contributed by atoms with E-state index >= 15 is 17.6 Å². The molecular weight excluding hydrogens is 794 g/mol. The van der Waals surface area contributed by atoms with E-state index in [9.17, 15) is 43.9 Å².